The van der Waals surface area contributed by atoms with Crippen LogP contribution in [0.5, 0.6) is 5.75 Å². The van der Waals surface area contributed by atoms with Crippen LogP contribution in [0.15, 0.2) is 24.3 Å². The normalized spacial score (nSPS) is 14.0. The molecule has 0 aromatic heterocycles. The average molecular weight is 291 g/mol. The van der Waals surface area contributed by atoms with Crippen LogP contribution in [0.25, 0.3) is 0 Å². The van der Waals surface area contributed by atoms with E-state index >= 15 is 0 Å². The number of carbonyl (C=O) groups excluding carboxylic acids is 1. The Morgan fingerprint density at radius 1 is 1.19 bits per heavy atom. The summed E-state index contributed by atoms with van der Waals surface area (Å²) in [5.74, 6) is 1.81. The third-order valence-corrected chi connectivity index (χ3v) is 3.74. The predicted molar refractivity (Wildman–Crippen MR) is 87.8 cm³/mol. The van der Waals surface area contributed by atoms with Crippen molar-refractivity contribution in [1.82, 2.24) is 5.32 Å². The molecule has 0 aliphatic rings. The maximum atomic E-state index is 12.3. The van der Waals surface area contributed by atoms with E-state index in [0.29, 0.717) is 11.7 Å². The van der Waals surface area contributed by atoms with Gasteiger partial charge in [0.1, 0.15) is 5.75 Å². The Hall–Kier alpha value is -1.35. The van der Waals surface area contributed by atoms with Gasteiger partial charge in [0.25, 0.3) is 0 Å². The highest BCUT2D eigenvalue weighted by molar-refractivity contribution is 5.86. The van der Waals surface area contributed by atoms with Gasteiger partial charge in [0.15, 0.2) is 5.78 Å². The van der Waals surface area contributed by atoms with Gasteiger partial charge >= 0.3 is 0 Å². The van der Waals surface area contributed by atoms with Crippen LogP contribution in [0.1, 0.15) is 39.7 Å². The third-order valence-electron chi connectivity index (χ3n) is 3.74. The lowest BCUT2D eigenvalue weighted by Crippen LogP contribution is -2.39. The molecule has 0 aliphatic heterocycles. The van der Waals surface area contributed by atoms with Gasteiger partial charge in [0.2, 0.25) is 0 Å². The van der Waals surface area contributed by atoms with Crippen molar-refractivity contribution >= 4 is 5.78 Å². The number of rotatable bonds is 9. The van der Waals surface area contributed by atoms with Crippen molar-refractivity contribution in [3.63, 3.8) is 0 Å². The van der Waals surface area contributed by atoms with E-state index in [1.807, 2.05) is 38.2 Å². The van der Waals surface area contributed by atoms with E-state index in [1.54, 1.807) is 0 Å². The van der Waals surface area contributed by atoms with Crippen LogP contribution in [-0.2, 0) is 11.2 Å². The van der Waals surface area contributed by atoms with Crippen molar-refractivity contribution in [2.75, 3.05) is 13.7 Å². The molecule has 0 aliphatic carbocycles. The molecule has 0 saturated carbocycles. The summed E-state index contributed by atoms with van der Waals surface area (Å²) < 4.78 is 5.67. The molecular weight excluding hydrogens is 262 g/mol. The summed E-state index contributed by atoms with van der Waals surface area (Å²) in [5, 5.41) is 3.14. The van der Waals surface area contributed by atoms with E-state index in [1.165, 1.54) is 0 Å². The molecule has 118 valence electrons. The van der Waals surface area contributed by atoms with Gasteiger partial charge in [0.05, 0.1) is 12.6 Å². The number of carbonyl (C=O) groups is 1. The Kier molecular flexibility index (Phi) is 7.44. The molecule has 1 rings (SSSR count). The summed E-state index contributed by atoms with van der Waals surface area (Å²) >= 11 is 0. The molecule has 1 N–H and O–H groups in total. The van der Waals surface area contributed by atoms with E-state index in [4.69, 9.17) is 4.74 Å². The first kappa shape index (κ1) is 17.7. The minimum absolute atomic E-state index is 0.107. The fourth-order valence-electron chi connectivity index (χ4n) is 2.11. The first-order valence-electron chi connectivity index (χ1n) is 7.90. The Bertz CT molecular complexity index is 425. The zero-order valence-corrected chi connectivity index (χ0v) is 14.0. The first-order chi connectivity index (χ1) is 9.97. The van der Waals surface area contributed by atoms with Crippen LogP contribution >= 0.6 is 0 Å². The van der Waals surface area contributed by atoms with Crippen LogP contribution in [0.4, 0.5) is 0 Å². The maximum absolute atomic E-state index is 12.3. The van der Waals surface area contributed by atoms with Crippen molar-refractivity contribution in [3.05, 3.63) is 29.8 Å². The average Bonchev–Trinajstić information content (AvgIpc) is 2.50. The minimum atomic E-state index is -0.109. The third kappa shape index (κ3) is 5.88. The SMILES string of the molecule is CCC(C)C(=O)[C@@H](Cc1ccc(OCC(C)C)cc1)NC. The molecule has 0 saturated heterocycles. The van der Waals surface area contributed by atoms with Gasteiger partial charge in [-0.3, -0.25) is 4.79 Å². The molecule has 0 heterocycles. The van der Waals surface area contributed by atoms with Gasteiger partial charge < -0.3 is 10.1 Å². The fourth-order valence-corrected chi connectivity index (χ4v) is 2.11. The van der Waals surface area contributed by atoms with Gasteiger partial charge in [-0.2, -0.15) is 0 Å². The number of Topliss-reactive ketones (excluding diaryl/α,β-unsaturated/α-hetero) is 1. The van der Waals surface area contributed by atoms with Crippen LogP contribution in [-0.4, -0.2) is 25.5 Å². The number of hydrogen-bond donors (Lipinski definition) is 1. The molecule has 1 unspecified atom stereocenters. The van der Waals surface area contributed by atoms with Crippen molar-refractivity contribution in [2.45, 2.75) is 46.6 Å². The molecule has 0 fully saturated rings. The van der Waals surface area contributed by atoms with Gasteiger partial charge in [-0.1, -0.05) is 39.8 Å². The van der Waals surface area contributed by atoms with E-state index in [2.05, 4.69) is 26.1 Å². The van der Waals surface area contributed by atoms with E-state index in [0.717, 1.165) is 30.8 Å². The summed E-state index contributed by atoms with van der Waals surface area (Å²) in [5.41, 5.74) is 1.16. The second-order valence-corrected chi connectivity index (χ2v) is 6.11. The lowest BCUT2D eigenvalue weighted by molar-refractivity contribution is -0.124. The number of hydrogen-bond acceptors (Lipinski definition) is 3. The van der Waals surface area contributed by atoms with Crippen molar-refractivity contribution in [2.24, 2.45) is 11.8 Å². The Labute approximate surface area is 129 Å². The zero-order chi connectivity index (χ0) is 15.8. The molecule has 3 heteroatoms. The molecule has 1 aromatic carbocycles. The summed E-state index contributed by atoms with van der Waals surface area (Å²) in [6.45, 7) is 9.04. The summed E-state index contributed by atoms with van der Waals surface area (Å²) in [7, 11) is 1.85. The van der Waals surface area contributed by atoms with E-state index in [9.17, 15) is 4.79 Å². The Balaban J connectivity index is 2.62. The van der Waals surface area contributed by atoms with Crippen LogP contribution in [0.2, 0.25) is 0 Å². The van der Waals surface area contributed by atoms with E-state index < -0.39 is 0 Å². The summed E-state index contributed by atoms with van der Waals surface area (Å²) in [6, 6.07) is 7.95. The standard InChI is InChI=1S/C18H29NO2/c1-6-14(4)18(20)17(19-5)11-15-7-9-16(10-8-15)21-12-13(2)3/h7-10,13-14,17,19H,6,11-12H2,1-5H3/t14?,17-/m1/s1. The number of ketones is 1. The van der Waals surface area contributed by atoms with Crippen molar-refractivity contribution in [1.29, 1.82) is 0 Å². The molecule has 1 aromatic rings. The number of nitrogens with one attached hydrogen (secondary N) is 1. The lowest BCUT2D eigenvalue weighted by atomic mass is 9.93. The van der Waals surface area contributed by atoms with Crippen LogP contribution in [0.3, 0.4) is 0 Å². The monoisotopic (exact) mass is 291 g/mol. The highest BCUT2D eigenvalue weighted by Gasteiger charge is 2.21. The second-order valence-electron chi connectivity index (χ2n) is 6.11. The van der Waals surface area contributed by atoms with Crippen LogP contribution < -0.4 is 10.1 Å². The topological polar surface area (TPSA) is 38.3 Å². The van der Waals surface area contributed by atoms with Crippen molar-refractivity contribution in [3.8, 4) is 5.75 Å². The molecule has 0 amide bonds. The largest absolute Gasteiger partial charge is 0.493 e. The Morgan fingerprint density at radius 2 is 1.81 bits per heavy atom. The Morgan fingerprint density at radius 3 is 2.29 bits per heavy atom. The molecule has 0 bridgehead atoms. The molecule has 21 heavy (non-hydrogen) atoms. The minimum Gasteiger partial charge on any atom is -0.493 e. The summed E-state index contributed by atoms with van der Waals surface area (Å²) in [6.07, 6.45) is 1.61. The number of benzene rings is 1. The van der Waals surface area contributed by atoms with Gasteiger partial charge in [-0.05, 0) is 43.5 Å². The zero-order valence-electron chi connectivity index (χ0n) is 14.0. The fraction of sp³-hybridized carbons (Fsp3) is 0.611. The smallest absolute Gasteiger partial charge is 0.152 e. The quantitative estimate of drug-likeness (QED) is 0.757. The van der Waals surface area contributed by atoms with Gasteiger partial charge in [-0.25, -0.2) is 0 Å². The summed E-state index contributed by atoms with van der Waals surface area (Å²) in [4.78, 5) is 12.3. The molecular formula is C18H29NO2. The highest BCUT2D eigenvalue weighted by atomic mass is 16.5. The first-order valence-corrected chi connectivity index (χ1v) is 7.90. The lowest BCUT2D eigenvalue weighted by Gasteiger charge is -2.19. The number of likely N-dealkylation sites (N-methyl/N-ethyl adjacent to an activating group) is 1. The second kappa shape index (κ2) is 8.83. The molecule has 2 atom stereocenters. The number of ether oxygens (including phenoxy) is 1. The highest BCUT2D eigenvalue weighted by Crippen LogP contribution is 2.16. The molecule has 3 nitrogen and oxygen atoms in total. The maximum Gasteiger partial charge on any atom is 0.152 e. The van der Waals surface area contributed by atoms with Crippen molar-refractivity contribution < 1.29 is 9.53 Å². The van der Waals surface area contributed by atoms with Crippen LogP contribution in [0, 0.1) is 11.8 Å². The van der Waals surface area contributed by atoms with Gasteiger partial charge in [-0.15, -0.1) is 0 Å². The molecule has 0 radical (unpaired) electrons. The van der Waals surface area contributed by atoms with E-state index in [-0.39, 0.29) is 12.0 Å². The molecule has 0 spiro atoms. The predicted octanol–water partition coefficient (Wildman–Crippen LogP) is 3.47. The van der Waals surface area contributed by atoms with Gasteiger partial charge in [0, 0.05) is 5.92 Å².